The molecule has 4 nitrogen and oxygen atoms in total. The number of carbonyl (C=O) groups excluding carboxylic acids is 2. The number of amides is 2. The fraction of sp³-hybridized carbons (Fsp3) is 0.857. The van der Waals surface area contributed by atoms with E-state index >= 15 is 0 Å². The van der Waals surface area contributed by atoms with Crippen LogP contribution in [0, 0.1) is 0 Å². The summed E-state index contributed by atoms with van der Waals surface area (Å²) in [6.07, 6.45) is 5.54. The van der Waals surface area contributed by atoms with Crippen molar-refractivity contribution in [3.63, 3.8) is 0 Å². The number of nitrogens with zero attached hydrogens (tertiary/aromatic N) is 1. The van der Waals surface area contributed by atoms with Crippen molar-refractivity contribution in [2.45, 2.75) is 71.4 Å². The van der Waals surface area contributed by atoms with E-state index in [0.717, 1.165) is 25.7 Å². The molecule has 2 amide bonds. The number of nitrogens with one attached hydrogen (secondary N) is 1. The highest BCUT2D eigenvalue weighted by atomic mass is 16.2. The lowest BCUT2D eigenvalue weighted by molar-refractivity contribution is -0.149. The summed E-state index contributed by atoms with van der Waals surface area (Å²) in [5.41, 5.74) is -0.310. The second-order valence-corrected chi connectivity index (χ2v) is 6.03. The van der Waals surface area contributed by atoms with E-state index in [1.807, 2.05) is 27.7 Å². The van der Waals surface area contributed by atoms with Gasteiger partial charge in [-0.05, 0) is 40.5 Å². The van der Waals surface area contributed by atoms with Gasteiger partial charge in [0.15, 0.2) is 0 Å². The van der Waals surface area contributed by atoms with Crippen LogP contribution in [-0.2, 0) is 9.59 Å². The Bertz CT molecular complexity index is 301. The van der Waals surface area contributed by atoms with E-state index in [2.05, 4.69) is 5.32 Å². The van der Waals surface area contributed by atoms with Crippen LogP contribution in [0.3, 0.4) is 0 Å². The molecule has 0 spiro atoms. The minimum atomic E-state index is -0.446. The summed E-state index contributed by atoms with van der Waals surface area (Å²) in [6.45, 7) is 8.30. The van der Waals surface area contributed by atoms with Gasteiger partial charge in [-0.2, -0.15) is 0 Å². The first-order valence-corrected chi connectivity index (χ1v) is 6.98. The fourth-order valence-electron chi connectivity index (χ4n) is 2.54. The van der Waals surface area contributed by atoms with Crippen molar-refractivity contribution >= 4 is 11.8 Å². The lowest BCUT2D eigenvalue weighted by Gasteiger charge is -2.34. The third kappa shape index (κ3) is 4.00. The van der Waals surface area contributed by atoms with Crippen molar-refractivity contribution in [2.24, 2.45) is 0 Å². The van der Waals surface area contributed by atoms with Crippen LogP contribution in [0.1, 0.15) is 59.8 Å². The Hall–Kier alpha value is -1.06. The van der Waals surface area contributed by atoms with E-state index in [-0.39, 0.29) is 11.6 Å². The molecule has 1 saturated carbocycles. The largest absolute Gasteiger partial charge is 0.345 e. The van der Waals surface area contributed by atoms with Crippen LogP contribution in [0.2, 0.25) is 0 Å². The number of carbonyl (C=O) groups is 2. The Kier molecular flexibility index (Phi) is 5.17. The van der Waals surface area contributed by atoms with Gasteiger partial charge in [-0.15, -0.1) is 0 Å². The van der Waals surface area contributed by atoms with Crippen molar-refractivity contribution in [3.05, 3.63) is 0 Å². The average molecular weight is 254 g/mol. The zero-order valence-electron chi connectivity index (χ0n) is 12.1. The summed E-state index contributed by atoms with van der Waals surface area (Å²) in [5.74, 6) is -0.853. The fourth-order valence-corrected chi connectivity index (χ4v) is 2.54. The monoisotopic (exact) mass is 254 g/mol. The third-order valence-corrected chi connectivity index (χ3v) is 3.51. The predicted molar refractivity (Wildman–Crippen MR) is 72.2 cm³/mol. The molecule has 0 atom stereocenters. The van der Waals surface area contributed by atoms with E-state index in [1.165, 1.54) is 6.42 Å². The van der Waals surface area contributed by atoms with E-state index in [1.54, 1.807) is 4.90 Å². The van der Waals surface area contributed by atoms with Crippen LogP contribution in [-0.4, -0.2) is 34.8 Å². The van der Waals surface area contributed by atoms with Gasteiger partial charge in [0.05, 0.1) is 0 Å². The highest BCUT2D eigenvalue weighted by Gasteiger charge is 2.30. The lowest BCUT2D eigenvalue weighted by Crippen LogP contribution is -2.53. The minimum absolute atomic E-state index is 0.189. The Morgan fingerprint density at radius 2 is 1.72 bits per heavy atom. The molecule has 0 saturated heterocycles. The van der Waals surface area contributed by atoms with Gasteiger partial charge >= 0.3 is 11.8 Å². The zero-order chi connectivity index (χ0) is 13.8. The molecular formula is C14H26N2O2. The molecule has 1 aliphatic carbocycles. The molecule has 1 N–H and O–H groups in total. The Labute approximate surface area is 110 Å². The number of hydrogen-bond donors (Lipinski definition) is 1. The topological polar surface area (TPSA) is 49.4 Å². The summed E-state index contributed by atoms with van der Waals surface area (Å²) < 4.78 is 0. The number of rotatable bonds is 2. The van der Waals surface area contributed by atoms with Gasteiger partial charge in [0.2, 0.25) is 0 Å². The van der Waals surface area contributed by atoms with E-state index in [9.17, 15) is 9.59 Å². The summed E-state index contributed by atoms with van der Waals surface area (Å²) in [4.78, 5) is 25.7. The van der Waals surface area contributed by atoms with Crippen LogP contribution in [0.25, 0.3) is 0 Å². The quantitative estimate of drug-likeness (QED) is 0.767. The first kappa shape index (κ1) is 15.0. The van der Waals surface area contributed by atoms with Crippen molar-refractivity contribution < 1.29 is 9.59 Å². The van der Waals surface area contributed by atoms with Crippen molar-refractivity contribution in [1.82, 2.24) is 10.2 Å². The van der Waals surface area contributed by atoms with Gasteiger partial charge in [-0.25, -0.2) is 0 Å². The summed E-state index contributed by atoms with van der Waals surface area (Å²) >= 11 is 0. The summed E-state index contributed by atoms with van der Waals surface area (Å²) in [5, 5.41) is 2.88. The molecule has 18 heavy (non-hydrogen) atoms. The molecule has 1 aliphatic rings. The third-order valence-electron chi connectivity index (χ3n) is 3.51. The van der Waals surface area contributed by atoms with E-state index in [4.69, 9.17) is 0 Å². The summed E-state index contributed by atoms with van der Waals surface area (Å²) in [7, 11) is 0. The molecule has 0 aromatic rings. The van der Waals surface area contributed by atoms with Gasteiger partial charge in [0, 0.05) is 18.1 Å². The molecule has 1 rings (SSSR count). The van der Waals surface area contributed by atoms with Crippen LogP contribution < -0.4 is 5.32 Å². The van der Waals surface area contributed by atoms with Gasteiger partial charge in [0.1, 0.15) is 0 Å². The molecule has 104 valence electrons. The highest BCUT2D eigenvalue weighted by molar-refractivity contribution is 6.35. The molecule has 0 radical (unpaired) electrons. The molecule has 0 heterocycles. The Morgan fingerprint density at radius 1 is 1.17 bits per heavy atom. The molecule has 1 fully saturated rings. The van der Waals surface area contributed by atoms with Crippen LogP contribution in [0.15, 0.2) is 0 Å². The SMILES string of the molecule is CCN(C(=O)C(=O)NC1CCCCC1)C(C)(C)C. The molecule has 0 aromatic heterocycles. The second kappa shape index (κ2) is 6.21. The predicted octanol–water partition coefficient (Wildman–Crippen LogP) is 2.08. The standard InChI is InChI=1S/C14H26N2O2/c1-5-16(14(2,3)4)13(18)12(17)15-11-9-7-6-8-10-11/h11H,5-10H2,1-4H3,(H,15,17). The molecule has 0 aliphatic heterocycles. The van der Waals surface area contributed by atoms with Crippen LogP contribution in [0.5, 0.6) is 0 Å². The zero-order valence-corrected chi connectivity index (χ0v) is 12.1. The van der Waals surface area contributed by atoms with Crippen LogP contribution >= 0.6 is 0 Å². The maximum Gasteiger partial charge on any atom is 0.312 e. The average Bonchev–Trinajstić information content (AvgIpc) is 2.29. The smallest absolute Gasteiger partial charge is 0.312 e. The van der Waals surface area contributed by atoms with Crippen molar-refractivity contribution in [3.8, 4) is 0 Å². The highest BCUT2D eigenvalue weighted by Crippen LogP contribution is 2.18. The van der Waals surface area contributed by atoms with Crippen LogP contribution in [0.4, 0.5) is 0 Å². The minimum Gasteiger partial charge on any atom is -0.345 e. The van der Waals surface area contributed by atoms with E-state index in [0.29, 0.717) is 6.54 Å². The first-order chi connectivity index (χ1) is 8.36. The van der Waals surface area contributed by atoms with Crippen molar-refractivity contribution in [1.29, 1.82) is 0 Å². The molecule has 0 bridgehead atoms. The molecule has 0 unspecified atom stereocenters. The Morgan fingerprint density at radius 3 is 2.17 bits per heavy atom. The molecule has 0 aromatic carbocycles. The maximum absolute atomic E-state index is 12.1. The number of hydrogen-bond acceptors (Lipinski definition) is 2. The molecular weight excluding hydrogens is 228 g/mol. The van der Waals surface area contributed by atoms with E-state index < -0.39 is 11.8 Å². The Balaban J connectivity index is 2.56. The van der Waals surface area contributed by atoms with Gasteiger partial charge in [0.25, 0.3) is 0 Å². The number of likely N-dealkylation sites (N-methyl/N-ethyl adjacent to an activating group) is 1. The summed E-state index contributed by atoms with van der Waals surface area (Å²) in [6, 6.07) is 0.189. The second-order valence-electron chi connectivity index (χ2n) is 6.03. The van der Waals surface area contributed by atoms with Gasteiger partial charge in [-0.1, -0.05) is 19.3 Å². The van der Waals surface area contributed by atoms with Crippen molar-refractivity contribution in [2.75, 3.05) is 6.54 Å². The first-order valence-electron chi connectivity index (χ1n) is 6.98. The normalized spacial score (nSPS) is 17.3. The van der Waals surface area contributed by atoms with Gasteiger partial charge in [-0.3, -0.25) is 9.59 Å². The maximum atomic E-state index is 12.1. The molecule has 4 heteroatoms. The lowest BCUT2D eigenvalue weighted by atomic mass is 9.95. The van der Waals surface area contributed by atoms with Gasteiger partial charge < -0.3 is 10.2 Å².